The van der Waals surface area contributed by atoms with Crippen molar-refractivity contribution in [3.05, 3.63) is 47.5 Å². The van der Waals surface area contributed by atoms with Crippen LogP contribution in [0.25, 0.3) is 0 Å². The first kappa shape index (κ1) is 19.5. The maximum atomic E-state index is 13.9. The van der Waals surface area contributed by atoms with Crippen LogP contribution in [0.5, 0.6) is 0 Å². The Labute approximate surface area is 169 Å². The van der Waals surface area contributed by atoms with Gasteiger partial charge in [-0.3, -0.25) is 9.59 Å². The molecule has 154 valence electrons. The second-order valence-corrected chi connectivity index (χ2v) is 7.81. The van der Waals surface area contributed by atoms with E-state index in [0.29, 0.717) is 25.1 Å². The summed E-state index contributed by atoms with van der Waals surface area (Å²) in [7, 11) is 0. The minimum atomic E-state index is -0.302. The highest BCUT2D eigenvalue weighted by atomic mass is 19.1. The van der Waals surface area contributed by atoms with Crippen molar-refractivity contribution >= 4 is 11.8 Å². The lowest BCUT2D eigenvalue weighted by atomic mass is 9.98. The van der Waals surface area contributed by atoms with Gasteiger partial charge in [0, 0.05) is 37.7 Å². The number of piperidine rings is 1. The molecule has 2 aliphatic rings. The van der Waals surface area contributed by atoms with Crippen molar-refractivity contribution in [2.45, 2.75) is 51.1 Å². The van der Waals surface area contributed by atoms with Crippen LogP contribution in [0, 0.1) is 5.82 Å². The number of rotatable bonds is 6. The lowest BCUT2D eigenvalue weighted by Gasteiger charge is -2.36. The second-order valence-electron chi connectivity index (χ2n) is 7.81. The predicted octanol–water partition coefficient (Wildman–Crippen LogP) is 2.47. The number of aromatic nitrogens is 3. The second kappa shape index (κ2) is 8.71. The van der Waals surface area contributed by atoms with E-state index >= 15 is 0 Å². The molecule has 4 rings (SSSR count). The third-order valence-electron chi connectivity index (χ3n) is 5.84. The number of hydrogen-bond acceptors (Lipinski definition) is 4. The average Bonchev–Trinajstić information content (AvgIpc) is 3.37. The number of carbonyl (C=O) groups excluding carboxylic acids is 2. The summed E-state index contributed by atoms with van der Waals surface area (Å²) in [4.78, 5) is 28.7. The van der Waals surface area contributed by atoms with Crippen LogP contribution in [-0.4, -0.2) is 62.3 Å². The first-order chi connectivity index (χ1) is 14.1. The Hall–Kier alpha value is -2.77. The Morgan fingerprint density at radius 1 is 1.17 bits per heavy atom. The van der Waals surface area contributed by atoms with Crippen LogP contribution in [0.3, 0.4) is 0 Å². The first-order valence-electron chi connectivity index (χ1n) is 10.3. The number of halogens is 1. The summed E-state index contributed by atoms with van der Waals surface area (Å²) in [5.41, 5.74) is 0.785. The van der Waals surface area contributed by atoms with E-state index in [1.54, 1.807) is 24.4 Å². The number of nitrogens with zero attached hydrogens (tertiary/aromatic N) is 5. The third kappa shape index (κ3) is 4.46. The van der Waals surface area contributed by atoms with Crippen molar-refractivity contribution in [3.63, 3.8) is 0 Å². The molecule has 2 fully saturated rings. The zero-order valence-electron chi connectivity index (χ0n) is 16.5. The molecule has 8 heteroatoms. The molecule has 0 radical (unpaired) electrons. The van der Waals surface area contributed by atoms with Crippen LogP contribution in [0.1, 0.15) is 54.6 Å². The van der Waals surface area contributed by atoms with Crippen molar-refractivity contribution in [2.24, 2.45) is 0 Å². The van der Waals surface area contributed by atoms with Gasteiger partial charge in [-0.05, 0) is 38.2 Å². The summed E-state index contributed by atoms with van der Waals surface area (Å²) in [6.07, 6.45) is 6.94. The van der Waals surface area contributed by atoms with E-state index in [1.165, 1.54) is 10.7 Å². The quantitative estimate of drug-likeness (QED) is 0.748. The van der Waals surface area contributed by atoms with Gasteiger partial charge in [0.15, 0.2) is 5.69 Å². The van der Waals surface area contributed by atoms with E-state index in [2.05, 4.69) is 10.3 Å². The summed E-state index contributed by atoms with van der Waals surface area (Å²) in [6.45, 7) is 2.45. The topological polar surface area (TPSA) is 71.3 Å². The molecule has 0 bridgehead atoms. The highest BCUT2D eigenvalue weighted by Crippen LogP contribution is 2.23. The van der Waals surface area contributed by atoms with Crippen molar-refractivity contribution in [1.29, 1.82) is 0 Å². The Morgan fingerprint density at radius 2 is 2.03 bits per heavy atom. The molecule has 7 nitrogen and oxygen atoms in total. The standard InChI is InChI=1S/C21H26FN5O2/c22-18-8-2-1-6-16(18)14-26-15-19(23-24-26)21(29)27-12-4-3-7-17(27)10-13-25-11-5-9-20(25)28/h1-2,6,8,15,17H,3-5,7,9-14H2. The van der Waals surface area contributed by atoms with E-state index in [-0.39, 0.29) is 35.9 Å². The molecule has 2 saturated heterocycles. The molecule has 1 unspecified atom stereocenters. The number of hydrogen-bond donors (Lipinski definition) is 0. The Morgan fingerprint density at radius 3 is 2.83 bits per heavy atom. The van der Waals surface area contributed by atoms with Crippen LogP contribution in [0.4, 0.5) is 4.39 Å². The average molecular weight is 399 g/mol. The highest BCUT2D eigenvalue weighted by Gasteiger charge is 2.30. The number of benzene rings is 1. The molecule has 0 spiro atoms. The van der Waals surface area contributed by atoms with Crippen LogP contribution >= 0.6 is 0 Å². The summed E-state index contributed by atoms with van der Waals surface area (Å²) < 4.78 is 15.4. The molecular weight excluding hydrogens is 373 g/mol. The molecule has 2 aliphatic heterocycles. The highest BCUT2D eigenvalue weighted by molar-refractivity contribution is 5.92. The zero-order valence-corrected chi connectivity index (χ0v) is 16.5. The fraction of sp³-hybridized carbons (Fsp3) is 0.524. The van der Waals surface area contributed by atoms with Gasteiger partial charge >= 0.3 is 0 Å². The van der Waals surface area contributed by atoms with E-state index in [9.17, 15) is 14.0 Å². The van der Waals surface area contributed by atoms with Crippen molar-refractivity contribution in [1.82, 2.24) is 24.8 Å². The van der Waals surface area contributed by atoms with Gasteiger partial charge in [-0.25, -0.2) is 9.07 Å². The van der Waals surface area contributed by atoms with Crippen LogP contribution in [-0.2, 0) is 11.3 Å². The van der Waals surface area contributed by atoms with Gasteiger partial charge in [0.25, 0.3) is 5.91 Å². The Kier molecular flexibility index (Phi) is 5.87. The molecule has 0 N–H and O–H groups in total. The van der Waals surface area contributed by atoms with Gasteiger partial charge < -0.3 is 9.80 Å². The SMILES string of the molecule is O=C1CCCN1CCC1CCCCN1C(=O)c1cn(Cc2ccccc2F)nn1. The molecular formula is C21H26FN5O2. The summed E-state index contributed by atoms with van der Waals surface area (Å²) in [5.74, 6) is -0.222. The van der Waals surface area contributed by atoms with E-state index in [0.717, 1.165) is 38.6 Å². The minimum absolute atomic E-state index is 0.112. The molecule has 0 aliphatic carbocycles. The van der Waals surface area contributed by atoms with Gasteiger partial charge in [0.2, 0.25) is 5.91 Å². The summed E-state index contributed by atoms with van der Waals surface area (Å²) in [5, 5.41) is 8.05. The normalized spacial score (nSPS) is 19.8. The summed E-state index contributed by atoms with van der Waals surface area (Å²) >= 11 is 0. The van der Waals surface area contributed by atoms with Crippen LogP contribution < -0.4 is 0 Å². The molecule has 29 heavy (non-hydrogen) atoms. The zero-order chi connectivity index (χ0) is 20.2. The summed E-state index contributed by atoms with van der Waals surface area (Å²) in [6, 6.07) is 6.62. The van der Waals surface area contributed by atoms with Crippen molar-refractivity contribution in [3.8, 4) is 0 Å². The molecule has 2 aromatic rings. The monoisotopic (exact) mass is 399 g/mol. The molecule has 3 heterocycles. The molecule has 1 aromatic carbocycles. The number of likely N-dealkylation sites (tertiary alicyclic amines) is 2. The van der Waals surface area contributed by atoms with Crippen LogP contribution in [0.15, 0.2) is 30.5 Å². The van der Waals surface area contributed by atoms with Gasteiger partial charge in [0.1, 0.15) is 5.82 Å². The maximum Gasteiger partial charge on any atom is 0.276 e. The molecule has 2 amide bonds. The smallest absolute Gasteiger partial charge is 0.276 e. The third-order valence-corrected chi connectivity index (χ3v) is 5.84. The lowest BCUT2D eigenvalue weighted by Crippen LogP contribution is -2.45. The molecule has 1 atom stereocenters. The van der Waals surface area contributed by atoms with Gasteiger partial charge in [-0.2, -0.15) is 0 Å². The van der Waals surface area contributed by atoms with Gasteiger partial charge in [-0.1, -0.05) is 23.4 Å². The Bertz CT molecular complexity index is 883. The Balaban J connectivity index is 1.41. The largest absolute Gasteiger partial charge is 0.343 e. The van der Waals surface area contributed by atoms with Crippen molar-refractivity contribution < 1.29 is 14.0 Å². The molecule has 0 saturated carbocycles. The first-order valence-corrected chi connectivity index (χ1v) is 10.3. The lowest BCUT2D eigenvalue weighted by molar-refractivity contribution is -0.127. The predicted molar refractivity (Wildman–Crippen MR) is 105 cm³/mol. The maximum absolute atomic E-state index is 13.9. The molecule has 1 aromatic heterocycles. The van der Waals surface area contributed by atoms with E-state index < -0.39 is 0 Å². The van der Waals surface area contributed by atoms with Gasteiger partial charge in [0.05, 0.1) is 12.7 Å². The number of amides is 2. The van der Waals surface area contributed by atoms with E-state index in [1.807, 2.05) is 9.80 Å². The fourth-order valence-corrected chi connectivity index (χ4v) is 4.24. The van der Waals surface area contributed by atoms with Crippen molar-refractivity contribution in [2.75, 3.05) is 19.6 Å². The van der Waals surface area contributed by atoms with Gasteiger partial charge in [-0.15, -0.1) is 5.10 Å². The minimum Gasteiger partial charge on any atom is -0.343 e. The van der Waals surface area contributed by atoms with E-state index in [4.69, 9.17) is 0 Å². The fourth-order valence-electron chi connectivity index (χ4n) is 4.24. The number of carbonyl (C=O) groups is 2. The van der Waals surface area contributed by atoms with Crippen LogP contribution in [0.2, 0.25) is 0 Å².